The van der Waals surface area contributed by atoms with Gasteiger partial charge in [-0.3, -0.25) is 14.2 Å². The molecule has 1 amide bonds. The minimum Gasteiger partial charge on any atom is -0.454 e. The summed E-state index contributed by atoms with van der Waals surface area (Å²) >= 11 is 1.34. The Labute approximate surface area is 203 Å². The van der Waals surface area contributed by atoms with Crippen molar-refractivity contribution in [1.29, 1.82) is 0 Å². The van der Waals surface area contributed by atoms with E-state index in [2.05, 4.69) is 13.8 Å². The highest BCUT2D eigenvalue weighted by Crippen LogP contribution is 2.35. The van der Waals surface area contributed by atoms with Gasteiger partial charge in [0.25, 0.3) is 5.56 Å². The molecule has 0 spiro atoms. The van der Waals surface area contributed by atoms with Gasteiger partial charge in [0, 0.05) is 25.7 Å². The Balaban J connectivity index is 1.44. The van der Waals surface area contributed by atoms with Gasteiger partial charge in [0.1, 0.15) is 0 Å². The van der Waals surface area contributed by atoms with Crippen molar-refractivity contribution in [2.75, 3.05) is 25.6 Å². The number of piperidine rings is 1. The largest absolute Gasteiger partial charge is 0.454 e. The predicted molar refractivity (Wildman–Crippen MR) is 133 cm³/mol. The van der Waals surface area contributed by atoms with E-state index >= 15 is 0 Å². The molecule has 8 heteroatoms. The van der Waals surface area contributed by atoms with Gasteiger partial charge in [0.05, 0.1) is 16.7 Å². The second-order valence-electron chi connectivity index (χ2n) is 9.34. The molecule has 5 rings (SSSR count). The molecule has 1 aromatic heterocycles. The van der Waals surface area contributed by atoms with Crippen molar-refractivity contribution in [2.24, 2.45) is 11.8 Å². The molecule has 2 aliphatic heterocycles. The van der Waals surface area contributed by atoms with Crippen molar-refractivity contribution in [3.05, 3.63) is 58.4 Å². The van der Waals surface area contributed by atoms with Gasteiger partial charge in [0.2, 0.25) is 12.7 Å². The first-order chi connectivity index (χ1) is 16.5. The molecule has 2 aliphatic rings. The number of carbonyl (C=O) groups is 1. The van der Waals surface area contributed by atoms with Gasteiger partial charge < -0.3 is 14.4 Å². The normalized spacial score (nSPS) is 19.5. The molecular formula is C26H29N3O4S. The molecule has 0 radical (unpaired) electrons. The molecule has 34 heavy (non-hydrogen) atoms. The number of likely N-dealkylation sites (tertiary alicyclic amines) is 1. The molecule has 2 aromatic carbocycles. The Bertz CT molecular complexity index is 1250. The van der Waals surface area contributed by atoms with Gasteiger partial charge in [-0.2, -0.15) is 0 Å². The van der Waals surface area contributed by atoms with Crippen LogP contribution < -0.4 is 15.0 Å². The number of nitrogens with zero attached hydrogens (tertiary/aromatic N) is 3. The smallest absolute Gasteiger partial charge is 0.262 e. The fraction of sp³-hybridized carbons (Fsp3) is 0.423. The van der Waals surface area contributed by atoms with Gasteiger partial charge in [0.15, 0.2) is 16.7 Å². The number of hydrogen-bond acceptors (Lipinski definition) is 6. The zero-order chi connectivity index (χ0) is 23.7. The third-order valence-corrected chi connectivity index (χ3v) is 7.39. The van der Waals surface area contributed by atoms with Crippen LogP contribution >= 0.6 is 11.8 Å². The molecular weight excluding hydrogens is 450 g/mol. The Kier molecular flexibility index (Phi) is 6.50. The maximum absolute atomic E-state index is 13.5. The third-order valence-electron chi connectivity index (χ3n) is 6.43. The fourth-order valence-electron chi connectivity index (χ4n) is 4.87. The highest BCUT2D eigenvalue weighted by atomic mass is 32.2. The van der Waals surface area contributed by atoms with Gasteiger partial charge >= 0.3 is 0 Å². The topological polar surface area (TPSA) is 73.7 Å². The molecule has 0 bridgehead atoms. The van der Waals surface area contributed by atoms with Crippen LogP contribution in [0, 0.1) is 11.8 Å². The minimum atomic E-state index is -0.130. The lowest BCUT2D eigenvalue weighted by Gasteiger charge is -2.35. The Morgan fingerprint density at radius 3 is 2.53 bits per heavy atom. The first-order valence-corrected chi connectivity index (χ1v) is 12.7. The van der Waals surface area contributed by atoms with E-state index in [1.807, 2.05) is 35.2 Å². The van der Waals surface area contributed by atoms with Crippen molar-refractivity contribution in [3.8, 4) is 11.5 Å². The summed E-state index contributed by atoms with van der Waals surface area (Å²) in [5.41, 5.74) is 1.57. The van der Waals surface area contributed by atoms with Gasteiger partial charge in [-0.1, -0.05) is 55.9 Å². The van der Waals surface area contributed by atoms with Crippen molar-refractivity contribution < 1.29 is 14.3 Å². The van der Waals surface area contributed by atoms with E-state index in [0.29, 0.717) is 52.4 Å². The summed E-state index contributed by atoms with van der Waals surface area (Å²) in [5, 5.41) is 1.05. The zero-order valence-electron chi connectivity index (χ0n) is 19.5. The summed E-state index contributed by atoms with van der Waals surface area (Å²) in [6.07, 6.45) is 1.85. The summed E-state index contributed by atoms with van der Waals surface area (Å²) in [4.78, 5) is 33.3. The molecule has 0 unspecified atom stereocenters. The van der Waals surface area contributed by atoms with Crippen LogP contribution in [-0.4, -0.2) is 46.0 Å². The predicted octanol–water partition coefficient (Wildman–Crippen LogP) is 3.96. The molecule has 7 nitrogen and oxygen atoms in total. The van der Waals surface area contributed by atoms with Crippen LogP contribution in [0.3, 0.4) is 0 Å². The van der Waals surface area contributed by atoms with E-state index in [4.69, 9.17) is 14.5 Å². The summed E-state index contributed by atoms with van der Waals surface area (Å²) in [7, 11) is 0. The number of aromatic nitrogens is 2. The van der Waals surface area contributed by atoms with Crippen LogP contribution in [0.4, 0.5) is 0 Å². The van der Waals surface area contributed by atoms with E-state index in [1.165, 1.54) is 11.8 Å². The number of thioether (sulfide) groups is 1. The molecule has 1 fully saturated rings. The number of carbonyl (C=O) groups excluding carboxylic acids is 1. The molecule has 0 saturated carbocycles. The highest BCUT2D eigenvalue weighted by Gasteiger charge is 2.26. The fourth-order valence-corrected chi connectivity index (χ4v) is 5.80. The van der Waals surface area contributed by atoms with E-state index in [9.17, 15) is 9.59 Å². The molecule has 1 saturated heterocycles. The summed E-state index contributed by atoms with van der Waals surface area (Å²) < 4.78 is 12.6. The summed E-state index contributed by atoms with van der Waals surface area (Å²) in [6, 6.07) is 13.5. The van der Waals surface area contributed by atoms with Crippen molar-refractivity contribution >= 4 is 28.6 Å². The molecule has 3 aromatic rings. The average Bonchev–Trinajstić information content (AvgIpc) is 3.28. The molecule has 0 aliphatic carbocycles. The Hall–Kier alpha value is -3.00. The quantitative estimate of drug-likeness (QED) is 0.394. The number of fused-ring (bicyclic) bond motifs is 2. The van der Waals surface area contributed by atoms with E-state index in [0.717, 1.165) is 25.1 Å². The van der Waals surface area contributed by atoms with Crippen LogP contribution in [0.2, 0.25) is 0 Å². The molecule has 2 atom stereocenters. The summed E-state index contributed by atoms with van der Waals surface area (Å²) in [5.74, 6) is 2.51. The molecule has 178 valence electrons. The zero-order valence-corrected chi connectivity index (χ0v) is 20.3. The van der Waals surface area contributed by atoms with Gasteiger partial charge in [-0.25, -0.2) is 4.98 Å². The average molecular weight is 480 g/mol. The lowest BCUT2D eigenvalue weighted by Crippen LogP contribution is -2.43. The Morgan fingerprint density at radius 2 is 1.79 bits per heavy atom. The molecule has 3 heterocycles. The lowest BCUT2D eigenvalue weighted by molar-refractivity contribution is -0.130. The van der Waals surface area contributed by atoms with E-state index in [-0.39, 0.29) is 24.0 Å². The maximum Gasteiger partial charge on any atom is 0.262 e. The van der Waals surface area contributed by atoms with Crippen LogP contribution in [0.15, 0.2) is 52.4 Å². The van der Waals surface area contributed by atoms with E-state index < -0.39 is 0 Å². The first kappa shape index (κ1) is 22.8. The van der Waals surface area contributed by atoms with Crippen LogP contribution in [0.5, 0.6) is 11.5 Å². The minimum absolute atomic E-state index is 0.0954. The summed E-state index contributed by atoms with van der Waals surface area (Å²) in [6.45, 7) is 6.59. The number of benzene rings is 2. The monoisotopic (exact) mass is 479 g/mol. The third kappa shape index (κ3) is 4.78. The number of rotatable bonds is 6. The Morgan fingerprint density at radius 1 is 1.09 bits per heavy atom. The van der Waals surface area contributed by atoms with Crippen LogP contribution in [0.1, 0.15) is 25.8 Å². The van der Waals surface area contributed by atoms with Crippen LogP contribution in [0.25, 0.3) is 10.9 Å². The maximum atomic E-state index is 13.5. The number of amides is 1. The lowest BCUT2D eigenvalue weighted by atomic mass is 9.92. The van der Waals surface area contributed by atoms with E-state index in [1.54, 1.807) is 16.7 Å². The number of aryl methyl sites for hydroxylation is 1. The number of ether oxygens (including phenoxy) is 2. The van der Waals surface area contributed by atoms with Gasteiger partial charge in [-0.15, -0.1) is 0 Å². The second kappa shape index (κ2) is 9.70. The van der Waals surface area contributed by atoms with Crippen molar-refractivity contribution in [3.63, 3.8) is 0 Å². The standard InChI is InChI=1S/C26H29N3O4S/c1-17-10-18(2)14-28(13-17)24(30)15-34-26-27-21-12-23-22(32-16-33-23)11-20(21)25(31)29(26)9-8-19-6-4-3-5-7-19/h3-7,11-12,17-18H,8-10,13-16H2,1-2H3/t17-,18-/m0/s1. The highest BCUT2D eigenvalue weighted by molar-refractivity contribution is 7.99. The van der Waals surface area contributed by atoms with Crippen molar-refractivity contribution in [2.45, 2.75) is 38.4 Å². The molecule has 0 N–H and O–H groups in total. The first-order valence-electron chi connectivity index (χ1n) is 11.8. The SMILES string of the molecule is C[C@H]1C[C@H](C)CN(C(=O)CSc2nc3cc4c(cc3c(=O)n2CCc2ccccc2)OCO4)C1. The second-order valence-corrected chi connectivity index (χ2v) is 10.3. The van der Waals surface area contributed by atoms with Crippen molar-refractivity contribution in [1.82, 2.24) is 14.5 Å². The van der Waals surface area contributed by atoms with Crippen LogP contribution in [-0.2, 0) is 17.8 Å². The number of hydrogen-bond donors (Lipinski definition) is 0. The van der Waals surface area contributed by atoms with Gasteiger partial charge in [-0.05, 0) is 36.3 Å².